The van der Waals surface area contributed by atoms with Crippen molar-refractivity contribution in [3.63, 3.8) is 0 Å². The number of hydrogen-bond donors (Lipinski definition) is 1. The maximum atomic E-state index is 13.4. The Labute approximate surface area is 157 Å². The molecule has 27 heavy (non-hydrogen) atoms. The summed E-state index contributed by atoms with van der Waals surface area (Å²) >= 11 is 0. The zero-order valence-corrected chi connectivity index (χ0v) is 15.1. The van der Waals surface area contributed by atoms with Gasteiger partial charge in [-0.25, -0.2) is 8.42 Å². The predicted octanol–water partition coefficient (Wildman–Crippen LogP) is 5.17. The molecule has 4 aromatic carbocycles. The number of rotatable bonds is 4. The Morgan fingerprint density at radius 3 is 2.22 bits per heavy atom. The van der Waals surface area contributed by atoms with Gasteiger partial charge in [0.25, 0.3) is 0 Å². The summed E-state index contributed by atoms with van der Waals surface area (Å²) in [4.78, 5) is 0.199. The molecular weight excluding hydrogens is 360 g/mol. The third-order valence-corrected chi connectivity index (χ3v) is 6.08. The number of phenols is 1. The van der Waals surface area contributed by atoms with E-state index in [1.165, 1.54) is 18.2 Å². The first-order chi connectivity index (χ1) is 13.1. The van der Waals surface area contributed by atoms with Gasteiger partial charge in [0.1, 0.15) is 22.1 Å². The van der Waals surface area contributed by atoms with Crippen molar-refractivity contribution in [2.45, 2.75) is 9.79 Å². The average Bonchev–Trinajstić information content (AvgIpc) is 2.68. The lowest BCUT2D eigenvalue weighted by Crippen LogP contribution is -2.05. The third-order valence-electron chi connectivity index (χ3n) is 4.23. The number of aromatic hydroxyl groups is 1. The van der Waals surface area contributed by atoms with Crippen molar-refractivity contribution >= 4 is 20.6 Å². The van der Waals surface area contributed by atoms with Crippen molar-refractivity contribution in [1.29, 1.82) is 0 Å². The number of ether oxygens (including phenoxy) is 1. The Hall–Kier alpha value is -3.31. The quantitative estimate of drug-likeness (QED) is 0.534. The number of phenolic OH excluding ortho intramolecular Hbond substituents is 1. The lowest BCUT2D eigenvalue weighted by molar-refractivity contribution is 0.446. The SMILES string of the molecule is O=S(=O)(c1ccc(O)cc1Oc1ccccc1)c1cccc2ccccc12. The standard InChI is InChI=1S/C22H16O4S/c23-17-13-14-22(20(15-17)26-18-9-2-1-3-10-18)27(24,25)21-12-6-8-16-7-4-5-11-19(16)21/h1-15,23H. The number of para-hydroxylation sites is 1. The Balaban J connectivity index is 1.89. The summed E-state index contributed by atoms with van der Waals surface area (Å²) in [6.07, 6.45) is 0. The van der Waals surface area contributed by atoms with Crippen molar-refractivity contribution in [2.75, 3.05) is 0 Å². The second kappa shape index (κ2) is 6.78. The summed E-state index contributed by atoms with van der Waals surface area (Å²) in [6, 6.07) is 25.4. The summed E-state index contributed by atoms with van der Waals surface area (Å²) in [6.45, 7) is 0. The highest BCUT2D eigenvalue weighted by Crippen LogP contribution is 2.37. The highest BCUT2D eigenvalue weighted by Gasteiger charge is 2.25. The van der Waals surface area contributed by atoms with E-state index >= 15 is 0 Å². The second-order valence-electron chi connectivity index (χ2n) is 6.03. The topological polar surface area (TPSA) is 63.6 Å². The van der Waals surface area contributed by atoms with E-state index < -0.39 is 9.84 Å². The van der Waals surface area contributed by atoms with Crippen molar-refractivity contribution in [3.8, 4) is 17.2 Å². The zero-order valence-electron chi connectivity index (χ0n) is 14.2. The normalized spacial score (nSPS) is 11.4. The highest BCUT2D eigenvalue weighted by atomic mass is 32.2. The Kier molecular flexibility index (Phi) is 4.30. The van der Waals surface area contributed by atoms with Crippen molar-refractivity contribution in [1.82, 2.24) is 0 Å². The molecule has 0 aliphatic rings. The van der Waals surface area contributed by atoms with Crippen molar-refractivity contribution < 1.29 is 18.3 Å². The van der Waals surface area contributed by atoms with Gasteiger partial charge in [-0.1, -0.05) is 54.6 Å². The van der Waals surface area contributed by atoms with E-state index in [9.17, 15) is 13.5 Å². The van der Waals surface area contributed by atoms with Gasteiger partial charge >= 0.3 is 0 Å². The molecule has 4 aromatic rings. The van der Waals surface area contributed by atoms with E-state index in [0.29, 0.717) is 11.1 Å². The molecule has 1 N–H and O–H groups in total. The Morgan fingerprint density at radius 1 is 0.704 bits per heavy atom. The molecule has 0 atom stereocenters. The van der Waals surface area contributed by atoms with E-state index in [4.69, 9.17) is 4.74 Å². The van der Waals surface area contributed by atoms with E-state index in [0.717, 1.165) is 5.39 Å². The van der Waals surface area contributed by atoms with Gasteiger partial charge in [0.05, 0.1) is 4.90 Å². The molecule has 4 nitrogen and oxygen atoms in total. The molecule has 0 heterocycles. The molecule has 0 aliphatic carbocycles. The van der Waals surface area contributed by atoms with Crippen LogP contribution < -0.4 is 4.74 Å². The fourth-order valence-corrected chi connectivity index (χ4v) is 4.55. The van der Waals surface area contributed by atoms with Crippen LogP contribution in [0.3, 0.4) is 0 Å². The van der Waals surface area contributed by atoms with Crippen molar-refractivity contribution in [2.24, 2.45) is 0 Å². The first kappa shape index (κ1) is 17.1. The molecule has 0 saturated carbocycles. The molecule has 0 spiro atoms. The minimum absolute atomic E-state index is 0.000469. The van der Waals surface area contributed by atoms with Crippen LogP contribution in [-0.4, -0.2) is 13.5 Å². The Bertz CT molecular complexity index is 1210. The number of hydrogen-bond acceptors (Lipinski definition) is 4. The summed E-state index contributed by atoms with van der Waals surface area (Å²) in [5.41, 5.74) is 0. The van der Waals surface area contributed by atoms with Gasteiger partial charge in [-0.15, -0.1) is 0 Å². The lowest BCUT2D eigenvalue weighted by atomic mass is 10.1. The van der Waals surface area contributed by atoms with Gasteiger partial charge in [-0.05, 0) is 35.7 Å². The van der Waals surface area contributed by atoms with E-state index in [2.05, 4.69) is 0 Å². The van der Waals surface area contributed by atoms with Crippen LogP contribution in [0.4, 0.5) is 0 Å². The van der Waals surface area contributed by atoms with Crippen LogP contribution >= 0.6 is 0 Å². The van der Waals surface area contributed by atoms with Gasteiger partial charge in [-0.3, -0.25) is 0 Å². The summed E-state index contributed by atoms with van der Waals surface area (Å²) in [5, 5.41) is 11.3. The monoisotopic (exact) mass is 376 g/mol. The molecule has 0 saturated heterocycles. The minimum atomic E-state index is -3.87. The van der Waals surface area contributed by atoms with Gasteiger partial charge in [0.2, 0.25) is 9.84 Å². The summed E-state index contributed by atoms with van der Waals surface area (Å²) in [7, 11) is -3.87. The first-order valence-electron chi connectivity index (χ1n) is 8.34. The average molecular weight is 376 g/mol. The Morgan fingerprint density at radius 2 is 1.41 bits per heavy atom. The van der Waals surface area contributed by atoms with Crippen LogP contribution in [0.2, 0.25) is 0 Å². The molecule has 0 fully saturated rings. The van der Waals surface area contributed by atoms with Gasteiger partial charge in [0, 0.05) is 11.5 Å². The molecule has 0 radical (unpaired) electrons. The fourth-order valence-electron chi connectivity index (χ4n) is 2.96. The molecule has 4 rings (SSSR count). The summed E-state index contributed by atoms with van der Waals surface area (Å²) < 4.78 is 32.6. The molecule has 0 amide bonds. The van der Waals surface area contributed by atoms with Gasteiger partial charge < -0.3 is 9.84 Å². The second-order valence-corrected chi connectivity index (χ2v) is 7.91. The number of benzene rings is 4. The van der Waals surface area contributed by atoms with Crippen LogP contribution in [0.1, 0.15) is 0 Å². The molecular formula is C22H16O4S. The zero-order chi connectivity index (χ0) is 18.9. The van der Waals surface area contributed by atoms with E-state index in [1.807, 2.05) is 24.3 Å². The number of sulfone groups is 1. The van der Waals surface area contributed by atoms with Crippen LogP contribution in [0.25, 0.3) is 10.8 Å². The van der Waals surface area contributed by atoms with Crippen LogP contribution in [0.5, 0.6) is 17.2 Å². The van der Waals surface area contributed by atoms with Crippen LogP contribution in [0, 0.1) is 0 Å². The molecule has 0 unspecified atom stereocenters. The van der Waals surface area contributed by atoms with E-state index in [-0.39, 0.29) is 21.3 Å². The van der Waals surface area contributed by atoms with Crippen LogP contribution in [0.15, 0.2) is 101 Å². The molecule has 134 valence electrons. The molecule has 0 bridgehead atoms. The largest absolute Gasteiger partial charge is 0.508 e. The maximum Gasteiger partial charge on any atom is 0.210 e. The van der Waals surface area contributed by atoms with Crippen LogP contribution in [-0.2, 0) is 9.84 Å². The molecule has 0 aliphatic heterocycles. The maximum absolute atomic E-state index is 13.4. The predicted molar refractivity (Wildman–Crippen MR) is 104 cm³/mol. The third kappa shape index (κ3) is 3.25. The lowest BCUT2D eigenvalue weighted by Gasteiger charge is -2.14. The van der Waals surface area contributed by atoms with E-state index in [1.54, 1.807) is 48.5 Å². The summed E-state index contributed by atoms with van der Waals surface area (Å²) in [5.74, 6) is 0.490. The number of fused-ring (bicyclic) bond motifs is 1. The smallest absolute Gasteiger partial charge is 0.210 e. The van der Waals surface area contributed by atoms with Gasteiger partial charge in [0.15, 0.2) is 0 Å². The van der Waals surface area contributed by atoms with Gasteiger partial charge in [-0.2, -0.15) is 0 Å². The van der Waals surface area contributed by atoms with Crippen molar-refractivity contribution in [3.05, 3.63) is 91.0 Å². The minimum Gasteiger partial charge on any atom is -0.508 e. The molecule has 5 heteroatoms. The molecule has 0 aromatic heterocycles. The fraction of sp³-hybridized carbons (Fsp3) is 0. The highest BCUT2D eigenvalue weighted by molar-refractivity contribution is 7.91. The first-order valence-corrected chi connectivity index (χ1v) is 9.83.